The minimum absolute atomic E-state index is 0.275. The van der Waals surface area contributed by atoms with Crippen molar-refractivity contribution < 1.29 is 0 Å². The summed E-state index contributed by atoms with van der Waals surface area (Å²) in [7, 11) is 0. The van der Waals surface area contributed by atoms with Crippen LogP contribution in [0.2, 0.25) is 0 Å². The van der Waals surface area contributed by atoms with Gasteiger partial charge in [-0.2, -0.15) is 0 Å². The number of hydrogen-bond acceptors (Lipinski definition) is 4. The first-order chi connectivity index (χ1) is 8.74. The van der Waals surface area contributed by atoms with E-state index >= 15 is 0 Å². The summed E-state index contributed by atoms with van der Waals surface area (Å²) in [6.45, 7) is 4.40. The van der Waals surface area contributed by atoms with Crippen LogP contribution in [-0.2, 0) is 0 Å². The molecule has 0 saturated carbocycles. The Kier molecular flexibility index (Phi) is 5.03. The molecule has 0 bridgehead atoms. The Morgan fingerprint density at radius 1 is 1.33 bits per heavy atom. The molecule has 1 aromatic heterocycles. The van der Waals surface area contributed by atoms with Crippen molar-refractivity contribution in [3.63, 3.8) is 0 Å². The molecule has 4 heteroatoms. The summed E-state index contributed by atoms with van der Waals surface area (Å²) in [5.41, 5.74) is 7.34. The molecule has 2 rings (SSSR count). The van der Waals surface area contributed by atoms with Gasteiger partial charge < -0.3 is 5.73 Å². The van der Waals surface area contributed by atoms with Crippen LogP contribution in [0.15, 0.2) is 28.6 Å². The molecule has 2 aromatic rings. The van der Waals surface area contributed by atoms with Crippen LogP contribution in [0.3, 0.4) is 0 Å². The van der Waals surface area contributed by atoms with E-state index in [1.807, 2.05) is 17.8 Å². The van der Waals surface area contributed by atoms with E-state index in [-0.39, 0.29) is 6.04 Å². The van der Waals surface area contributed by atoms with Crippen molar-refractivity contribution >= 4 is 33.3 Å². The van der Waals surface area contributed by atoms with E-state index in [9.17, 15) is 0 Å². The Balaban J connectivity index is 2.11. The third-order valence-electron chi connectivity index (χ3n) is 3.03. The summed E-state index contributed by atoms with van der Waals surface area (Å²) in [5, 5.41) is 0.477. The molecular formula is C14H20N2S2. The van der Waals surface area contributed by atoms with Gasteiger partial charge in [0.2, 0.25) is 0 Å². The number of nitrogens with zero attached hydrogens (tertiary/aromatic N) is 1. The molecule has 2 unspecified atom stereocenters. The molecule has 18 heavy (non-hydrogen) atoms. The Morgan fingerprint density at radius 2 is 2.11 bits per heavy atom. The number of hydrogen-bond donors (Lipinski definition) is 1. The predicted molar refractivity (Wildman–Crippen MR) is 82.4 cm³/mol. The summed E-state index contributed by atoms with van der Waals surface area (Å²) in [5.74, 6) is 0. The third kappa shape index (κ3) is 3.25. The van der Waals surface area contributed by atoms with Gasteiger partial charge in [-0.3, -0.25) is 0 Å². The number of fused-ring (bicyclic) bond motifs is 1. The van der Waals surface area contributed by atoms with E-state index in [1.54, 1.807) is 11.3 Å². The van der Waals surface area contributed by atoms with Crippen LogP contribution in [0.25, 0.3) is 10.2 Å². The summed E-state index contributed by atoms with van der Waals surface area (Å²) in [6, 6.07) is 8.58. The lowest BCUT2D eigenvalue weighted by Crippen LogP contribution is -2.31. The standard InChI is InChI=1S/C14H20N2S2/c1-3-7-10(15)12(4-2)17-14-16-11-8-5-6-9-13(11)18-14/h5-6,8-10,12H,3-4,7,15H2,1-2H3. The van der Waals surface area contributed by atoms with Gasteiger partial charge in [0.1, 0.15) is 0 Å². The third-order valence-corrected chi connectivity index (χ3v) is 5.68. The summed E-state index contributed by atoms with van der Waals surface area (Å²) in [6.07, 6.45) is 3.34. The largest absolute Gasteiger partial charge is 0.327 e. The maximum absolute atomic E-state index is 6.24. The first kappa shape index (κ1) is 13.8. The van der Waals surface area contributed by atoms with Crippen LogP contribution in [0.4, 0.5) is 0 Å². The van der Waals surface area contributed by atoms with Gasteiger partial charge in [-0.15, -0.1) is 11.3 Å². The minimum atomic E-state index is 0.275. The van der Waals surface area contributed by atoms with Gasteiger partial charge in [0.15, 0.2) is 4.34 Å². The van der Waals surface area contributed by atoms with E-state index in [1.165, 1.54) is 4.70 Å². The Labute approximate surface area is 117 Å². The number of thiazole rings is 1. The molecule has 0 fully saturated rings. The van der Waals surface area contributed by atoms with E-state index in [0.29, 0.717) is 5.25 Å². The monoisotopic (exact) mass is 280 g/mol. The van der Waals surface area contributed by atoms with Gasteiger partial charge >= 0.3 is 0 Å². The highest BCUT2D eigenvalue weighted by atomic mass is 32.2. The number of aromatic nitrogens is 1. The SMILES string of the molecule is CCCC(N)C(CC)Sc1nc2ccccc2s1. The molecule has 0 amide bonds. The summed E-state index contributed by atoms with van der Waals surface area (Å²) < 4.78 is 2.41. The second-order valence-electron chi connectivity index (χ2n) is 4.46. The van der Waals surface area contributed by atoms with Crippen LogP contribution >= 0.6 is 23.1 Å². The van der Waals surface area contributed by atoms with Gasteiger partial charge in [-0.05, 0) is 25.0 Å². The highest BCUT2D eigenvalue weighted by Crippen LogP contribution is 2.34. The average Bonchev–Trinajstić information content (AvgIpc) is 2.78. The molecule has 0 aliphatic carbocycles. The van der Waals surface area contributed by atoms with Crippen molar-refractivity contribution in [2.75, 3.05) is 0 Å². The average molecular weight is 280 g/mol. The molecule has 0 aliphatic heterocycles. The Hall–Kier alpha value is -0.580. The molecule has 0 spiro atoms. The second-order valence-corrected chi connectivity index (χ2v) is 6.98. The lowest BCUT2D eigenvalue weighted by atomic mass is 10.1. The van der Waals surface area contributed by atoms with Crippen LogP contribution in [0, 0.1) is 0 Å². The molecule has 0 saturated heterocycles. The molecule has 2 N–H and O–H groups in total. The maximum Gasteiger partial charge on any atom is 0.151 e. The van der Waals surface area contributed by atoms with Crippen LogP contribution in [0.5, 0.6) is 0 Å². The first-order valence-corrected chi connectivity index (χ1v) is 8.22. The zero-order valence-electron chi connectivity index (χ0n) is 10.9. The topological polar surface area (TPSA) is 38.9 Å². The summed E-state index contributed by atoms with van der Waals surface area (Å²) >= 11 is 3.62. The lowest BCUT2D eigenvalue weighted by molar-refractivity contribution is 0.566. The van der Waals surface area contributed by atoms with E-state index in [0.717, 1.165) is 29.1 Å². The van der Waals surface area contributed by atoms with Gasteiger partial charge in [0.05, 0.1) is 10.2 Å². The number of thioether (sulfide) groups is 1. The number of para-hydroxylation sites is 1. The minimum Gasteiger partial charge on any atom is -0.327 e. The van der Waals surface area contributed by atoms with Crippen LogP contribution in [0.1, 0.15) is 33.1 Å². The molecule has 1 heterocycles. The Morgan fingerprint density at radius 3 is 2.78 bits per heavy atom. The van der Waals surface area contributed by atoms with Crippen molar-refractivity contribution in [3.8, 4) is 0 Å². The second kappa shape index (κ2) is 6.55. The fourth-order valence-corrected chi connectivity index (χ4v) is 4.44. The number of nitrogens with two attached hydrogens (primary N) is 1. The fraction of sp³-hybridized carbons (Fsp3) is 0.500. The normalized spacial score (nSPS) is 14.8. The molecular weight excluding hydrogens is 260 g/mol. The van der Waals surface area contributed by atoms with Crippen molar-refractivity contribution in [3.05, 3.63) is 24.3 Å². The molecule has 98 valence electrons. The Bertz CT molecular complexity index is 462. The first-order valence-electron chi connectivity index (χ1n) is 6.52. The van der Waals surface area contributed by atoms with E-state index in [4.69, 9.17) is 5.73 Å². The number of rotatable bonds is 6. The molecule has 2 atom stereocenters. The smallest absolute Gasteiger partial charge is 0.151 e. The molecule has 2 nitrogen and oxygen atoms in total. The van der Waals surface area contributed by atoms with Gasteiger partial charge in [-0.1, -0.05) is 44.2 Å². The van der Waals surface area contributed by atoms with Gasteiger partial charge in [-0.25, -0.2) is 4.98 Å². The zero-order chi connectivity index (χ0) is 13.0. The van der Waals surface area contributed by atoms with Crippen molar-refractivity contribution in [1.82, 2.24) is 4.98 Å². The highest BCUT2D eigenvalue weighted by Gasteiger charge is 2.18. The highest BCUT2D eigenvalue weighted by molar-refractivity contribution is 8.01. The number of benzene rings is 1. The molecule has 0 radical (unpaired) electrons. The quantitative estimate of drug-likeness (QED) is 0.802. The van der Waals surface area contributed by atoms with Crippen molar-refractivity contribution in [1.29, 1.82) is 0 Å². The zero-order valence-corrected chi connectivity index (χ0v) is 12.6. The maximum atomic E-state index is 6.24. The van der Waals surface area contributed by atoms with Crippen molar-refractivity contribution in [2.45, 2.75) is 48.7 Å². The fourth-order valence-electron chi connectivity index (χ4n) is 2.02. The van der Waals surface area contributed by atoms with E-state index < -0.39 is 0 Å². The van der Waals surface area contributed by atoms with Crippen LogP contribution < -0.4 is 5.73 Å². The lowest BCUT2D eigenvalue weighted by Gasteiger charge is -2.20. The molecule has 0 aliphatic rings. The van der Waals surface area contributed by atoms with Gasteiger partial charge in [0.25, 0.3) is 0 Å². The van der Waals surface area contributed by atoms with Gasteiger partial charge in [0, 0.05) is 11.3 Å². The van der Waals surface area contributed by atoms with E-state index in [2.05, 4.69) is 37.0 Å². The molecule has 1 aromatic carbocycles. The van der Waals surface area contributed by atoms with Crippen LogP contribution in [-0.4, -0.2) is 16.3 Å². The summed E-state index contributed by atoms with van der Waals surface area (Å²) in [4.78, 5) is 4.67. The predicted octanol–water partition coefficient (Wildman–Crippen LogP) is 4.29. The van der Waals surface area contributed by atoms with Crippen molar-refractivity contribution in [2.24, 2.45) is 5.73 Å².